The Morgan fingerprint density at radius 2 is 2.00 bits per heavy atom. The highest BCUT2D eigenvalue weighted by molar-refractivity contribution is 5.60. The van der Waals surface area contributed by atoms with Crippen LogP contribution < -0.4 is 0 Å². The Kier molecular flexibility index (Phi) is 2.27. The minimum Gasteiger partial charge on any atom is -0.253 e. The van der Waals surface area contributed by atoms with Crippen molar-refractivity contribution in [1.82, 2.24) is 4.98 Å². The smallest absolute Gasteiger partial charge is 0.149 e. The molecule has 0 aliphatic heterocycles. The average molecular weight is 187 g/mol. The molecule has 0 saturated heterocycles. The van der Waals surface area contributed by atoms with Crippen LogP contribution in [0.5, 0.6) is 0 Å². The maximum Gasteiger partial charge on any atom is 0.149 e. The molecule has 0 aliphatic rings. The van der Waals surface area contributed by atoms with Crippen molar-refractivity contribution < 1.29 is 4.39 Å². The Bertz CT molecular complexity index is 452. The van der Waals surface area contributed by atoms with Crippen LogP contribution in [0.15, 0.2) is 42.6 Å². The summed E-state index contributed by atoms with van der Waals surface area (Å²) in [5, 5.41) is 0. The summed E-state index contributed by atoms with van der Waals surface area (Å²) in [5.74, 6) is -0.280. The molecule has 0 saturated carbocycles. The lowest BCUT2D eigenvalue weighted by atomic mass is 10.1. The zero-order valence-electron chi connectivity index (χ0n) is 7.87. The Hall–Kier alpha value is -1.70. The summed E-state index contributed by atoms with van der Waals surface area (Å²) in [4.78, 5) is 4.01. The summed E-state index contributed by atoms with van der Waals surface area (Å²) >= 11 is 0. The van der Waals surface area contributed by atoms with E-state index in [1.54, 1.807) is 12.3 Å². The van der Waals surface area contributed by atoms with Crippen LogP contribution in [0.25, 0.3) is 11.3 Å². The monoisotopic (exact) mass is 187 g/mol. The van der Waals surface area contributed by atoms with Gasteiger partial charge in [-0.25, -0.2) is 4.39 Å². The van der Waals surface area contributed by atoms with Crippen molar-refractivity contribution in [1.29, 1.82) is 0 Å². The van der Waals surface area contributed by atoms with E-state index in [2.05, 4.69) is 4.98 Å². The summed E-state index contributed by atoms with van der Waals surface area (Å²) in [5.41, 5.74) is 2.34. The third kappa shape index (κ3) is 1.64. The van der Waals surface area contributed by atoms with Crippen molar-refractivity contribution in [3.05, 3.63) is 54.0 Å². The van der Waals surface area contributed by atoms with E-state index in [0.717, 1.165) is 11.1 Å². The second-order valence-corrected chi connectivity index (χ2v) is 3.20. The zero-order chi connectivity index (χ0) is 9.97. The Morgan fingerprint density at radius 1 is 1.14 bits per heavy atom. The highest BCUT2D eigenvalue weighted by Gasteiger charge is 2.04. The molecule has 14 heavy (non-hydrogen) atoms. The van der Waals surface area contributed by atoms with Crippen molar-refractivity contribution in [2.75, 3.05) is 0 Å². The molecule has 0 fully saturated rings. The number of hydrogen-bond donors (Lipinski definition) is 0. The number of aromatic nitrogens is 1. The second-order valence-electron chi connectivity index (χ2n) is 3.20. The number of nitrogens with zero attached hydrogens (tertiary/aromatic N) is 1. The predicted octanol–water partition coefficient (Wildman–Crippen LogP) is 3.20. The van der Waals surface area contributed by atoms with Gasteiger partial charge in [0.2, 0.25) is 0 Å². The normalized spacial score (nSPS) is 10.1. The summed E-state index contributed by atoms with van der Waals surface area (Å²) in [6.45, 7) is 1.98. The molecule has 0 spiro atoms. The minimum atomic E-state index is -0.280. The summed E-state index contributed by atoms with van der Waals surface area (Å²) in [7, 11) is 0. The molecule has 1 aromatic heterocycles. The van der Waals surface area contributed by atoms with Crippen LogP contribution in [0.2, 0.25) is 0 Å². The molecule has 0 unspecified atom stereocenters. The van der Waals surface area contributed by atoms with E-state index in [1.165, 1.54) is 6.07 Å². The highest BCUT2D eigenvalue weighted by Crippen LogP contribution is 2.20. The highest BCUT2D eigenvalue weighted by atomic mass is 19.1. The van der Waals surface area contributed by atoms with Gasteiger partial charge in [0.15, 0.2) is 0 Å². The number of halogens is 1. The zero-order valence-corrected chi connectivity index (χ0v) is 7.87. The average Bonchev–Trinajstić information content (AvgIpc) is 2.18. The van der Waals surface area contributed by atoms with E-state index in [4.69, 9.17) is 0 Å². The molecule has 0 aliphatic carbocycles. The van der Waals surface area contributed by atoms with Crippen molar-refractivity contribution in [2.24, 2.45) is 0 Å². The molecule has 1 nitrogen and oxygen atoms in total. The first-order chi connectivity index (χ1) is 6.77. The van der Waals surface area contributed by atoms with E-state index in [0.29, 0.717) is 5.69 Å². The Balaban J connectivity index is 2.55. The number of rotatable bonds is 1. The first-order valence-corrected chi connectivity index (χ1v) is 4.45. The molecule has 0 bridgehead atoms. The number of pyridine rings is 1. The second kappa shape index (κ2) is 3.58. The fraction of sp³-hybridized carbons (Fsp3) is 0.0833. The van der Waals surface area contributed by atoms with E-state index in [-0.39, 0.29) is 5.82 Å². The quantitative estimate of drug-likeness (QED) is 0.668. The van der Waals surface area contributed by atoms with Gasteiger partial charge in [-0.15, -0.1) is 0 Å². The van der Waals surface area contributed by atoms with Crippen LogP contribution in [0.1, 0.15) is 5.56 Å². The van der Waals surface area contributed by atoms with Crippen LogP contribution in [-0.4, -0.2) is 4.98 Å². The van der Waals surface area contributed by atoms with Gasteiger partial charge in [-0.1, -0.05) is 23.8 Å². The lowest BCUT2D eigenvalue weighted by Crippen LogP contribution is -1.88. The van der Waals surface area contributed by atoms with Crippen molar-refractivity contribution >= 4 is 0 Å². The summed E-state index contributed by atoms with van der Waals surface area (Å²) in [6.07, 6.45) is 1.60. The molecule has 2 rings (SSSR count). The van der Waals surface area contributed by atoms with Crippen molar-refractivity contribution in [3.63, 3.8) is 0 Å². The van der Waals surface area contributed by atoms with Gasteiger partial charge in [-0.05, 0) is 25.1 Å². The Morgan fingerprint density at radius 3 is 2.71 bits per heavy atom. The SMILES string of the molecule is Cc1cccc(-c2ncccc2F)c1. The molecule has 0 radical (unpaired) electrons. The van der Waals surface area contributed by atoms with Gasteiger partial charge < -0.3 is 0 Å². The molecule has 0 N–H and O–H groups in total. The lowest BCUT2D eigenvalue weighted by Gasteiger charge is -2.02. The molecular formula is C12H10FN. The minimum absolute atomic E-state index is 0.280. The molecule has 0 atom stereocenters. The standard InChI is InChI=1S/C12H10FN/c1-9-4-2-5-10(8-9)12-11(13)6-3-7-14-12/h2-8H,1H3. The maximum atomic E-state index is 13.3. The largest absolute Gasteiger partial charge is 0.253 e. The van der Waals surface area contributed by atoms with Gasteiger partial charge in [0.05, 0.1) is 0 Å². The molecule has 1 aromatic carbocycles. The molecule has 2 heteroatoms. The van der Waals surface area contributed by atoms with Gasteiger partial charge >= 0.3 is 0 Å². The van der Waals surface area contributed by atoms with E-state index in [1.807, 2.05) is 31.2 Å². The third-order valence-electron chi connectivity index (χ3n) is 2.05. The Labute approximate surface area is 82.2 Å². The molecule has 2 aromatic rings. The van der Waals surface area contributed by atoms with Crippen LogP contribution in [0.3, 0.4) is 0 Å². The fourth-order valence-corrected chi connectivity index (χ4v) is 1.39. The first-order valence-electron chi connectivity index (χ1n) is 4.45. The van der Waals surface area contributed by atoms with Gasteiger partial charge in [0.25, 0.3) is 0 Å². The number of aryl methyl sites for hydroxylation is 1. The fourth-order valence-electron chi connectivity index (χ4n) is 1.39. The maximum absolute atomic E-state index is 13.3. The molecular weight excluding hydrogens is 177 g/mol. The number of benzene rings is 1. The first kappa shape index (κ1) is 8.88. The topological polar surface area (TPSA) is 12.9 Å². The molecule has 1 heterocycles. The van der Waals surface area contributed by atoms with Crippen molar-refractivity contribution in [3.8, 4) is 11.3 Å². The molecule has 0 amide bonds. The van der Waals surface area contributed by atoms with E-state index < -0.39 is 0 Å². The van der Waals surface area contributed by atoms with Crippen LogP contribution >= 0.6 is 0 Å². The predicted molar refractivity (Wildman–Crippen MR) is 54.4 cm³/mol. The van der Waals surface area contributed by atoms with E-state index in [9.17, 15) is 4.39 Å². The van der Waals surface area contributed by atoms with Crippen molar-refractivity contribution in [2.45, 2.75) is 6.92 Å². The van der Waals surface area contributed by atoms with Gasteiger partial charge in [0.1, 0.15) is 11.5 Å². The van der Waals surface area contributed by atoms with E-state index >= 15 is 0 Å². The van der Waals surface area contributed by atoms with Crippen LogP contribution in [0.4, 0.5) is 4.39 Å². The van der Waals surface area contributed by atoms with Crippen LogP contribution in [-0.2, 0) is 0 Å². The molecule has 70 valence electrons. The lowest BCUT2D eigenvalue weighted by molar-refractivity contribution is 0.626. The third-order valence-corrected chi connectivity index (χ3v) is 2.05. The number of hydrogen-bond acceptors (Lipinski definition) is 1. The van der Waals surface area contributed by atoms with Gasteiger partial charge in [-0.3, -0.25) is 4.98 Å². The summed E-state index contributed by atoms with van der Waals surface area (Å²) in [6, 6.07) is 10.7. The summed E-state index contributed by atoms with van der Waals surface area (Å²) < 4.78 is 13.3. The van der Waals surface area contributed by atoms with Gasteiger partial charge in [-0.2, -0.15) is 0 Å². The van der Waals surface area contributed by atoms with Gasteiger partial charge in [0, 0.05) is 11.8 Å². The van der Waals surface area contributed by atoms with Crippen LogP contribution in [0, 0.1) is 12.7 Å².